The topological polar surface area (TPSA) is 17.1 Å². The standard InChI is InChI=1S/C15H15F3O/c1-9-2-3-10(16)11(12(9)17)13(19)14-4-6-15(18,8-14)7-5-14/h2-3H,4-8H2,1H3. The Morgan fingerprint density at radius 1 is 1.16 bits per heavy atom. The van der Waals surface area contributed by atoms with Crippen molar-refractivity contribution in [3.8, 4) is 0 Å². The van der Waals surface area contributed by atoms with E-state index in [0.717, 1.165) is 6.07 Å². The van der Waals surface area contributed by atoms with Crippen molar-refractivity contribution in [3.05, 3.63) is 34.9 Å². The highest BCUT2D eigenvalue weighted by Gasteiger charge is 2.59. The van der Waals surface area contributed by atoms with E-state index in [-0.39, 0.29) is 12.0 Å². The first-order chi connectivity index (χ1) is 8.87. The first-order valence-corrected chi connectivity index (χ1v) is 6.55. The lowest BCUT2D eigenvalue weighted by Gasteiger charge is -2.25. The quantitative estimate of drug-likeness (QED) is 0.737. The average Bonchev–Trinajstić information content (AvgIpc) is 2.89. The lowest BCUT2D eigenvalue weighted by molar-refractivity contribution is 0.0793. The molecule has 0 unspecified atom stereocenters. The number of hydrogen-bond acceptors (Lipinski definition) is 1. The number of hydrogen-bond donors (Lipinski definition) is 0. The van der Waals surface area contributed by atoms with Gasteiger partial charge in [-0.2, -0.15) is 0 Å². The summed E-state index contributed by atoms with van der Waals surface area (Å²) < 4.78 is 42.0. The second kappa shape index (κ2) is 3.84. The Morgan fingerprint density at radius 3 is 2.32 bits per heavy atom. The van der Waals surface area contributed by atoms with E-state index in [0.29, 0.717) is 25.7 Å². The van der Waals surface area contributed by atoms with Gasteiger partial charge in [-0.3, -0.25) is 4.79 Å². The van der Waals surface area contributed by atoms with Crippen molar-refractivity contribution < 1.29 is 18.0 Å². The van der Waals surface area contributed by atoms with Crippen LogP contribution in [0.15, 0.2) is 12.1 Å². The molecular formula is C15H15F3O. The van der Waals surface area contributed by atoms with Crippen molar-refractivity contribution in [2.75, 3.05) is 0 Å². The molecule has 1 nitrogen and oxygen atoms in total. The van der Waals surface area contributed by atoms with Gasteiger partial charge in [-0.25, -0.2) is 13.2 Å². The van der Waals surface area contributed by atoms with Crippen molar-refractivity contribution in [1.29, 1.82) is 0 Å². The minimum Gasteiger partial charge on any atom is -0.293 e. The molecule has 0 saturated heterocycles. The molecule has 0 N–H and O–H groups in total. The highest BCUT2D eigenvalue weighted by atomic mass is 19.1. The summed E-state index contributed by atoms with van der Waals surface area (Å²) in [5.41, 5.74) is -2.42. The minimum absolute atomic E-state index is 0.117. The number of aryl methyl sites for hydroxylation is 1. The molecule has 0 atom stereocenters. The molecule has 1 aromatic rings. The fraction of sp³-hybridized carbons (Fsp3) is 0.533. The first kappa shape index (κ1) is 12.7. The van der Waals surface area contributed by atoms with Crippen LogP contribution in [-0.2, 0) is 0 Å². The molecule has 2 fully saturated rings. The Balaban J connectivity index is 2.05. The van der Waals surface area contributed by atoms with Gasteiger partial charge >= 0.3 is 0 Å². The molecule has 3 rings (SSSR count). The molecule has 0 amide bonds. The Hall–Kier alpha value is -1.32. The average molecular weight is 268 g/mol. The number of alkyl halides is 1. The molecule has 19 heavy (non-hydrogen) atoms. The normalized spacial score (nSPS) is 32.8. The van der Waals surface area contributed by atoms with Gasteiger partial charge in [-0.05, 0) is 50.7 Å². The van der Waals surface area contributed by atoms with Crippen LogP contribution in [0.3, 0.4) is 0 Å². The zero-order valence-corrected chi connectivity index (χ0v) is 10.7. The van der Waals surface area contributed by atoms with Crippen LogP contribution in [0.4, 0.5) is 13.2 Å². The second-order valence-corrected chi connectivity index (χ2v) is 5.99. The van der Waals surface area contributed by atoms with Gasteiger partial charge in [0.2, 0.25) is 0 Å². The predicted molar refractivity (Wildman–Crippen MR) is 64.8 cm³/mol. The van der Waals surface area contributed by atoms with Crippen molar-refractivity contribution in [3.63, 3.8) is 0 Å². The molecule has 2 aliphatic carbocycles. The van der Waals surface area contributed by atoms with E-state index in [9.17, 15) is 18.0 Å². The molecule has 0 spiro atoms. The van der Waals surface area contributed by atoms with E-state index in [4.69, 9.17) is 0 Å². The van der Waals surface area contributed by atoms with Gasteiger partial charge in [-0.15, -0.1) is 0 Å². The van der Waals surface area contributed by atoms with Crippen LogP contribution in [0, 0.1) is 24.0 Å². The van der Waals surface area contributed by atoms with Gasteiger partial charge in [0, 0.05) is 5.41 Å². The number of halogens is 3. The summed E-state index contributed by atoms with van der Waals surface area (Å²) in [5, 5.41) is 0. The maximum atomic E-state index is 14.1. The van der Waals surface area contributed by atoms with Gasteiger partial charge in [0.05, 0.1) is 5.56 Å². The molecule has 4 heteroatoms. The van der Waals surface area contributed by atoms with Crippen molar-refractivity contribution >= 4 is 5.78 Å². The van der Waals surface area contributed by atoms with Crippen LogP contribution >= 0.6 is 0 Å². The van der Waals surface area contributed by atoms with Gasteiger partial charge in [0.15, 0.2) is 5.78 Å². The lowest BCUT2D eigenvalue weighted by Crippen LogP contribution is -2.28. The highest BCUT2D eigenvalue weighted by molar-refractivity contribution is 6.01. The second-order valence-electron chi connectivity index (χ2n) is 5.99. The highest BCUT2D eigenvalue weighted by Crippen LogP contribution is 2.59. The van der Waals surface area contributed by atoms with Crippen molar-refractivity contribution in [1.82, 2.24) is 0 Å². The SMILES string of the molecule is Cc1ccc(F)c(C(=O)C23CCC(F)(CC2)C3)c1F. The summed E-state index contributed by atoms with van der Waals surface area (Å²) in [6.07, 6.45) is 1.57. The van der Waals surface area contributed by atoms with Crippen LogP contribution in [0.5, 0.6) is 0 Å². The van der Waals surface area contributed by atoms with E-state index in [1.165, 1.54) is 13.0 Å². The molecule has 0 heterocycles. The van der Waals surface area contributed by atoms with Gasteiger partial charge in [0.1, 0.15) is 17.3 Å². The first-order valence-electron chi connectivity index (χ1n) is 6.55. The Kier molecular flexibility index (Phi) is 2.57. The maximum Gasteiger partial charge on any atom is 0.175 e. The number of ketones is 1. The predicted octanol–water partition coefficient (Wildman–Crippen LogP) is 4.13. The summed E-state index contributed by atoms with van der Waals surface area (Å²) >= 11 is 0. The number of benzene rings is 1. The molecule has 0 aromatic heterocycles. The zero-order chi connectivity index (χ0) is 13.8. The summed E-state index contributed by atoms with van der Waals surface area (Å²) in [7, 11) is 0. The molecule has 2 aliphatic rings. The van der Waals surface area contributed by atoms with Crippen LogP contribution < -0.4 is 0 Å². The molecule has 0 radical (unpaired) electrons. The Bertz CT molecular complexity index is 557. The van der Waals surface area contributed by atoms with Gasteiger partial charge in [-0.1, -0.05) is 6.07 Å². The summed E-state index contributed by atoms with van der Waals surface area (Å²) in [5.74, 6) is -2.20. The zero-order valence-electron chi connectivity index (χ0n) is 10.7. The van der Waals surface area contributed by atoms with Crippen LogP contribution in [0.2, 0.25) is 0 Å². The van der Waals surface area contributed by atoms with Gasteiger partial charge < -0.3 is 0 Å². The Morgan fingerprint density at radius 2 is 1.79 bits per heavy atom. The van der Waals surface area contributed by atoms with E-state index >= 15 is 0 Å². The molecule has 1 aromatic carbocycles. The molecule has 0 aliphatic heterocycles. The summed E-state index contributed by atoms with van der Waals surface area (Å²) in [6.45, 7) is 1.49. The summed E-state index contributed by atoms with van der Waals surface area (Å²) in [6, 6.07) is 2.41. The Labute approximate surface area is 109 Å². The number of Topliss-reactive ketones (excluding diaryl/α,β-unsaturated/α-hetero) is 1. The van der Waals surface area contributed by atoms with E-state index < -0.39 is 34.1 Å². The fourth-order valence-electron chi connectivity index (χ4n) is 3.57. The number of rotatable bonds is 2. The number of carbonyl (C=O) groups is 1. The maximum absolute atomic E-state index is 14.1. The van der Waals surface area contributed by atoms with Crippen LogP contribution in [0.25, 0.3) is 0 Å². The van der Waals surface area contributed by atoms with Crippen LogP contribution in [-0.4, -0.2) is 11.5 Å². The molecule has 2 bridgehead atoms. The third kappa shape index (κ3) is 1.72. The van der Waals surface area contributed by atoms with Crippen molar-refractivity contribution in [2.45, 2.75) is 44.7 Å². The van der Waals surface area contributed by atoms with Crippen LogP contribution in [0.1, 0.15) is 48.0 Å². The minimum atomic E-state index is -1.30. The van der Waals surface area contributed by atoms with E-state index in [1.54, 1.807) is 0 Å². The smallest absolute Gasteiger partial charge is 0.175 e. The number of fused-ring (bicyclic) bond motifs is 2. The lowest BCUT2D eigenvalue weighted by atomic mass is 9.77. The molecular weight excluding hydrogens is 253 g/mol. The monoisotopic (exact) mass is 268 g/mol. The van der Waals surface area contributed by atoms with E-state index in [2.05, 4.69) is 0 Å². The largest absolute Gasteiger partial charge is 0.293 e. The molecule has 102 valence electrons. The summed E-state index contributed by atoms with van der Waals surface area (Å²) in [4.78, 5) is 12.5. The fourth-order valence-corrected chi connectivity index (χ4v) is 3.57. The number of carbonyl (C=O) groups excluding carboxylic acids is 1. The van der Waals surface area contributed by atoms with Gasteiger partial charge in [0.25, 0.3) is 0 Å². The third-order valence-electron chi connectivity index (χ3n) is 4.75. The molecule has 2 saturated carbocycles. The van der Waals surface area contributed by atoms with E-state index in [1.807, 2.05) is 0 Å². The third-order valence-corrected chi connectivity index (χ3v) is 4.75. The van der Waals surface area contributed by atoms with Crippen molar-refractivity contribution in [2.24, 2.45) is 5.41 Å².